The Morgan fingerprint density at radius 3 is 2.22 bits per heavy atom. The molecule has 0 N–H and O–H groups in total. The van der Waals surface area contributed by atoms with Crippen LogP contribution in [0.4, 0.5) is 11.4 Å². The van der Waals surface area contributed by atoms with E-state index >= 15 is 0 Å². The lowest BCUT2D eigenvalue weighted by Gasteiger charge is -2.29. The molecule has 1 atom stereocenters. The topological polar surface area (TPSA) is 8.17 Å². The Balaban J connectivity index is 1.24. The monoisotopic (exact) mass is 530 g/mol. The zero-order chi connectivity index (χ0) is 27.8. The number of rotatable bonds is 7. The van der Waals surface area contributed by atoms with E-state index in [1.807, 2.05) is 6.08 Å². The highest BCUT2D eigenvalue weighted by Crippen LogP contribution is 2.42. The molecule has 1 saturated carbocycles. The molecule has 4 aromatic carbocycles. The average molecular weight is 531 g/mol. The predicted octanol–water partition coefficient (Wildman–Crippen LogP) is 10.7. The second-order valence-corrected chi connectivity index (χ2v) is 11.0. The summed E-state index contributed by atoms with van der Waals surface area (Å²) >= 11 is 0. The molecule has 0 aliphatic heterocycles. The first-order valence-electron chi connectivity index (χ1n) is 14.6. The fourth-order valence-corrected chi connectivity index (χ4v) is 6.56. The zero-order valence-electron chi connectivity index (χ0n) is 23.5. The van der Waals surface area contributed by atoms with E-state index < -0.39 is 0 Å². The van der Waals surface area contributed by atoms with E-state index in [1.165, 1.54) is 63.9 Å². The Labute approximate surface area is 242 Å². The van der Waals surface area contributed by atoms with Crippen LogP contribution >= 0.6 is 0 Å². The van der Waals surface area contributed by atoms with Gasteiger partial charge in [-0.2, -0.15) is 0 Å². The largest absolute Gasteiger partial charge is 0.311 e. The number of para-hydroxylation sites is 2. The van der Waals surface area contributed by atoms with Crippen LogP contribution in [0.1, 0.15) is 37.4 Å². The molecule has 1 aromatic heterocycles. The first kappa shape index (κ1) is 25.2. The maximum absolute atomic E-state index is 4.11. The van der Waals surface area contributed by atoms with Crippen LogP contribution in [-0.4, -0.2) is 4.57 Å². The molecule has 2 heteroatoms. The fraction of sp³-hybridized carbons (Fsp3) is 0.128. The number of hydrogen-bond acceptors (Lipinski definition) is 1. The van der Waals surface area contributed by atoms with E-state index in [0.717, 1.165) is 17.3 Å². The molecule has 5 aromatic rings. The highest BCUT2D eigenvalue weighted by molar-refractivity contribution is 5.95. The molecule has 1 fully saturated rings. The number of fused-ring (bicyclic) bond motifs is 3. The summed E-state index contributed by atoms with van der Waals surface area (Å²) in [7, 11) is 0. The molecule has 2 bridgehead atoms. The summed E-state index contributed by atoms with van der Waals surface area (Å²) in [5.41, 5.74) is 12.4. The number of hydrogen-bond donors (Lipinski definition) is 0. The van der Waals surface area contributed by atoms with E-state index in [9.17, 15) is 0 Å². The summed E-state index contributed by atoms with van der Waals surface area (Å²) in [6, 6.07) is 37.3. The summed E-state index contributed by atoms with van der Waals surface area (Å²) in [6.45, 7) is 6.17. The molecular weight excluding hydrogens is 496 g/mol. The van der Waals surface area contributed by atoms with Gasteiger partial charge in [-0.25, -0.2) is 0 Å². The molecule has 2 aliphatic carbocycles. The standard InChI is InChI=1S/C39H34N2/c1-3-10-38-35(4-2)36-13-8-9-14-39(36)41(38)34-24-20-30(21-25-34)29-18-22-33(23-19-29)40(32-11-6-5-7-12-32)37-26-16-28-15-17-31(37)27-28/h3-14,16,18-26,28H,2,15,17,27H2,1H3/b10-3-. The van der Waals surface area contributed by atoms with Crippen molar-refractivity contribution in [2.45, 2.75) is 26.2 Å². The highest BCUT2D eigenvalue weighted by atomic mass is 15.1. The third kappa shape index (κ3) is 4.46. The second-order valence-electron chi connectivity index (χ2n) is 11.0. The molecule has 2 aliphatic rings. The third-order valence-electron chi connectivity index (χ3n) is 8.53. The van der Waals surface area contributed by atoms with Crippen LogP contribution in [-0.2, 0) is 0 Å². The second kappa shape index (κ2) is 10.6. The van der Waals surface area contributed by atoms with Gasteiger partial charge in [0.15, 0.2) is 0 Å². The van der Waals surface area contributed by atoms with E-state index in [1.54, 1.807) is 5.57 Å². The van der Waals surface area contributed by atoms with Gasteiger partial charge in [0, 0.05) is 33.7 Å². The smallest absolute Gasteiger partial charge is 0.0541 e. The van der Waals surface area contributed by atoms with E-state index in [4.69, 9.17) is 0 Å². The lowest BCUT2D eigenvalue weighted by molar-refractivity contribution is 0.689. The van der Waals surface area contributed by atoms with Crippen molar-refractivity contribution in [2.75, 3.05) is 4.90 Å². The quantitative estimate of drug-likeness (QED) is 0.203. The van der Waals surface area contributed by atoms with Crippen molar-refractivity contribution in [3.8, 4) is 16.8 Å². The number of aromatic nitrogens is 1. The van der Waals surface area contributed by atoms with Crippen molar-refractivity contribution in [2.24, 2.45) is 5.92 Å². The zero-order valence-corrected chi connectivity index (χ0v) is 23.5. The van der Waals surface area contributed by atoms with Gasteiger partial charge in [-0.15, -0.1) is 0 Å². The Morgan fingerprint density at radius 1 is 0.805 bits per heavy atom. The molecule has 0 radical (unpaired) electrons. The van der Waals surface area contributed by atoms with Crippen molar-refractivity contribution in [3.63, 3.8) is 0 Å². The molecule has 1 unspecified atom stereocenters. The average Bonchev–Trinajstić information content (AvgIpc) is 3.56. The minimum atomic E-state index is 0.721. The van der Waals surface area contributed by atoms with Gasteiger partial charge in [0.25, 0.3) is 0 Å². The molecule has 0 amide bonds. The van der Waals surface area contributed by atoms with E-state index in [-0.39, 0.29) is 0 Å². The Hall–Kier alpha value is -4.82. The van der Waals surface area contributed by atoms with Crippen LogP contribution in [0, 0.1) is 5.92 Å². The van der Waals surface area contributed by atoms with Crippen molar-refractivity contribution in [3.05, 3.63) is 150 Å². The van der Waals surface area contributed by atoms with Crippen molar-refractivity contribution < 1.29 is 0 Å². The maximum atomic E-state index is 4.11. The summed E-state index contributed by atoms with van der Waals surface area (Å²) in [5.74, 6) is 0.721. The summed E-state index contributed by atoms with van der Waals surface area (Å²) < 4.78 is 2.33. The summed E-state index contributed by atoms with van der Waals surface area (Å²) in [6.07, 6.45) is 14.7. The van der Waals surface area contributed by atoms with Crippen LogP contribution in [0.5, 0.6) is 0 Å². The van der Waals surface area contributed by atoms with Crippen LogP contribution in [0.2, 0.25) is 0 Å². The predicted molar refractivity (Wildman–Crippen MR) is 176 cm³/mol. The van der Waals surface area contributed by atoms with Crippen molar-refractivity contribution in [1.29, 1.82) is 0 Å². The summed E-state index contributed by atoms with van der Waals surface area (Å²) in [4.78, 5) is 2.43. The molecule has 200 valence electrons. The van der Waals surface area contributed by atoms with Gasteiger partial charge < -0.3 is 9.47 Å². The maximum Gasteiger partial charge on any atom is 0.0541 e. The molecule has 0 saturated heterocycles. The number of allylic oxidation sites excluding steroid dienone is 4. The molecule has 1 heterocycles. The molecule has 2 nitrogen and oxygen atoms in total. The Kier molecular flexibility index (Phi) is 6.53. The lowest BCUT2D eigenvalue weighted by Crippen LogP contribution is -2.18. The SMILES string of the molecule is C=Cc1c(/C=C\C)n(-c2ccc(-c3ccc(N(C4=C5CCC(C=C4)C5)c4ccccc4)cc3)cc2)c2ccccc12. The highest BCUT2D eigenvalue weighted by Gasteiger charge is 2.27. The van der Waals surface area contributed by atoms with Crippen LogP contribution in [0.25, 0.3) is 39.9 Å². The van der Waals surface area contributed by atoms with Gasteiger partial charge in [0.2, 0.25) is 0 Å². The summed E-state index contributed by atoms with van der Waals surface area (Å²) in [5, 5.41) is 1.22. The minimum Gasteiger partial charge on any atom is -0.311 e. The van der Waals surface area contributed by atoms with Gasteiger partial charge >= 0.3 is 0 Å². The van der Waals surface area contributed by atoms with Gasteiger partial charge in [-0.1, -0.05) is 85.5 Å². The minimum absolute atomic E-state index is 0.721. The van der Waals surface area contributed by atoms with E-state index in [2.05, 4.69) is 150 Å². The van der Waals surface area contributed by atoms with Crippen molar-refractivity contribution >= 4 is 34.4 Å². The fourth-order valence-electron chi connectivity index (χ4n) is 6.56. The number of anilines is 2. The van der Waals surface area contributed by atoms with Crippen LogP contribution < -0.4 is 4.90 Å². The van der Waals surface area contributed by atoms with E-state index in [0.29, 0.717) is 0 Å². The molecular formula is C39H34N2. The Bertz CT molecular complexity index is 1810. The van der Waals surface area contributed by atoms with Gasteiger partial charge in [-0.3, -0.25) is 0 Å². The van der Waals surface area contributed by atoms with Crippen molar-refractivity contribution in [1.82, 2.24) is 4.57 Å². The first-order valence-corrected chi connectivity index (χ1v) is 14.6. The third-order valence-corrected chi connectivity index (χ3v) is 8.53. The van der Waals surface area contributed by atoms with Gasteiger partial charge in [0.1, 0.15) is 0 Å². The molecule has 0 spiro atoms. The lowest BCUT2D eigenvalue weighted by atomic mass is 9.99. The molecule has 41 heavy (non-hydrogen) atoms. The number of benzene rings is 4. The van der Waals surface area contributed by atoms with Crippen LogP contribution in [0.15, 0.2) is 139 Å². The van der Waals surface area contributed by atoms with Gasteiger partial charge in [-0.05, 0) is 103 Å². The normalized spacial score (nSPS) is 16.2. The molecule has 7 rings (SSSR count). The van der Waals surface area contributed by atoms with Gasteiger partial charge in [0.05, 0.1) is 11.2 Å². The number of nitrogens with zero attached hydrogens (tertiary/aromatic N) is 2. The first-order chi connectivity index (χ1) is 20.2. The Morgan fingerprint density at radius 2 is 1.49 bits per heavy atom. The van der Waals surface area contributed by atoms with Crippen LogP contribution in [0.3, 0.4) is 0 Å².